The first-order valence-electron chi connectivity index (χ1n) is 5.69. The Labute approximate surface area is 130 Å². The van der Waals surface area contributed by atoms with Gasteiger partial charge < -0.3 is 11.1 Å². The molecule has 0 saturated carbocycles. The van der Waals surface area contributed by atoms with Crippen LogP contribution in [-0.2, 0) is 0 Å². The minimum atomic E-state index is 0.435. The smallest absolute Gasteiger partial charge is 0.106 e. The van der Waals surface area contributed by atoms with E-state index < -0.39 is 0 Å². The molecule has 0 aliphatic carbocycles. The number of rotatable bonds is 4. The predicted octanol–water partition coefficient (Wildman–Crippen LogP) is 3.34. The molecule has 98 valence electrons. The molecule has 3 N–H and O–H groups in total. The summed E-state index contributed by atoms with van der Waals surface area (Å²) in [6.45, 7) is 0.967. The third kappa shape index (κ3) is 4.05. The van der Waals surface area contributed by atoms with Crippen LogP contribution in [0.1, 0.15) is 5.56 Å². The molecule has 1 atom stereocenters. The summed E-state index contributed by atoms with van der Waals surface area (Å²) in [5.74, 6) is 3.74. The van der Waals surface area contributed by atoms with E-state index in [2.05, 4.69) is 21.2 Å². The molecule has 18 heavy (non-hydrogen) atoms. The van der Waals surface area contributed by atoms with Crippen molar-refractivity contribution >= 4 is 62.3 Å². The summed E-state index contributed by atoms with van der Waals surface area (Å²) >= 11 is 12.6. The zero-order valence-electron chi connectivity index (χ0n) is 9.82. The number of thioether (sulfide) groups is 2. The van der Waals surface area contributed by atoms with Gasteiger partial charge in [0.2, 0.25) is 0 Å². The molecule has 2 rings (SSSR count). The van der Waals surface area contributed by atoms with E-state index in [1.54, 1.807) is 0 Å². The monoisotopic (exact) mass is 362 g/mol. The molecule has 0 spiro atoms. The van der Waals surface area contributed by atoms with Gasteiger partial charge in [-0.1, -0.05) is 28.1 Å². The molecule has 1 aromatic carbocycles. The van der Waals surface area contributed by atoms with Gasteiger partial charge in [-0.15, -0.1) is 0 Å². The first-order valence-corrected chi connectivity index (χ1v) is 9.10. The Morgan fingerprint density at radius 3 is 3.00 bits per heavy atom. The number of benzene rings is 1. The molecule has 0 amide bonds. The lowest BCUT2D eigenvalue weighted by Gasteiger charge is -2.22. The van der Waals surface area contributed by atoms with Crippen molar-refractivity contribution in [3.05, 3.63) is 28.2 Å². The van der Waals surface area contributed by atoms with Gasteiger partial charge in [-0.2, -0.15) is 23.5 Å². The highest BCUT2D eigenvalue weighted by atomic mass is 79.9. The summed E-state index contributed by atoms with van der Waals surface area (Å²) in [7, 11) is 0. The molecule has 0 bridgehead atoms. The van der Waals surface area contributed by atoms with Crippen molar-refractivity contribution in [1.29, 1.82) is 0 Å². The van der Waals surface area contributed by atoms with Crippen molar-refractivity contribution in [2.45, 2.75) is 5.25 Å². The first kappa shape index (κ1) is 14.5. The first-order chi connectivity index (χ1) is 8.66. The Kier molecular flexibility index (Phi) is 5.66. The van der Waals surface area contributed by atoms with Crippen LogP contribution >= 0.6 is 51.7 Å². The van der Waals surface area contributed by atoms with Crippen molar-refractivity contribution in [2.75, 3.05) is 29.1 Å². The minimum absolute atomic E-state index is 0.435. The predicted molar refractivity (Wildman–Crippen MR) is 92.1 cm³/mol. The molecule has 0 aromatic heterocycles. The molecule has 1 fully saturated rings. The number of nitrogens with one attached hydrogen (secondary N) is 1. The summed E-state index contributed by atoms with van der Waals surface area (Å²) in [5, 5.41) is 4.14. The lowest BCUT2D eigenvalue weighted by atomic mass is 10.2. The minimum Gasteiger partial charge on any atom is -0.389 e. The zero-order valence-corrected chi connectivity index (χ0v) is 13.9. The average molecular weight is 363 g/mol. The fourth-order valence-electron chi connectivity index (χ4n) is 1.75. The van der Waals surface area contributed by atoms with Crippen LogP contribution in [0.25, 0.3) is 0 Å². The van der Waals surface area contributed by atoms with E-state index in [0.29, 0.717) is 10.2 Å². The van der Waals surface area contributed by atoms with Gasteiger partial charge in [0.25, 0.3) is 0 Å². The molecule has 0 radical (unpaired) electrons. The number of anilines is 1. The van der Waals surface area contributed by atoms with Gasteiger partial charge in [0.05, 0.1) is 0 Å². The number of hydrogen-bond donors (Lipinski definition) is 2. The summed E-state index contributed by atoms with van der Waals surface area (Å²) in [6, 6.07) is 6.00. The summed E-state index contributed by atoms with van der Waals surface area (Å²) < 4.78 is 0.999. The largest absolute Gasteiger partial charge is 0.389 e. The normalized spacial score (nSPS) is 19.5. The maximum atomic E-state index is 5.75. The van der Waals surface area contributed by atoms with Crippen LogP contribution in [0.15, 0.2) is 22.7 Å². The summed E-state index contributed by atoms with van der Waals surface area (Å²) in [4.78, 5) is 0.435. The van der Waals surface area contributed by atoms with Crippen molar-refractivity contribution in [3.8, 4) is 0 Å². The van der Waals surface area contributed by atoms with Gasteiger partial charge in [0, 0.05) is 44.8 Å². The van der Waals surface area contributed by atoms with Crippen molar-refractivity contribution in [3.63, 3.8) is 0 Å². The SMILES string of the molecule is NC(=S)c1cc(Br)ccc1NCC1CSCCS1. The highest BCUT2D eigenvalue weighted by Crippen LogP contribution is 2.26. The molecule has 2 nitrogen and oxygen atoms in total. The van der Waals surface area contributed by atoms with Crippen LogP contribution < -0.4 is 11.1 Å². The van der Waals surface area contributed by atoms with Crippen LogP contribution in [-0.4, -0.2) is 34.0 Å². The molecule has 1 aliphatic heterocycles. The molecule has 1 saturated heterocycles. The van der Waals surface area contributed by atoms with Gasteiger partial charge in [-0.25, -0.2) is 0 Å². The fraction of sp³-hybridized carbons (Fsp3) is 0.417. The van der Waals surface area contributed by atoms with Crippen molar-refractivity contribution < 1.29 is 0 Å². The molecule has 1 unspecified atom stereocenters. The fourth-order valence-corrected chi connectivity index (χ4v) is 4.89. The highest BCUT2D eigenvalue weighted by Gasteiger charge is 2.15. The third-order valence-electron chi connectivity index (χ3n) is 2.65. The Morgan fingerprint density at radius 2 is 2.33 bits per heavy atom. The maximum absolute atomic E-state index is 5.75. The molecule has 1 heterocycles. The average Bonchev–Trinajstić information content (AvgIpc) is 2.38. The van der Waals surface area contributed by atoms with Crippen molar-refractivity contribution in [2.24, 2.45) is 5.73 Å². The number of nitrogens with two attached hydrogens (primary N) is 1. The Bertz CT molecular complexity index is 433. The van der Waals surface area contributed by atoms with E-state index in [0.717, 1.165) is 22.3 Å². The van der Waals surface area contributed by atoms with E-state index in [9.17, 15) is 0 Å². The molecular weight excluding hydrogens is 348 g/mol. The van der Waals surface area contributed by atoms with Crippen LogP contribution in [0.4, 0.5) is 5.69 Å². The Morgan fingerprint density at radius 1 is 1.50 bits per heavy atom. The number of halogens is 1. The van der Waals surface area contributed by atoms with Crippen LogP contribution in [0, 0.1) is 0 Å². The van der Waals surface area contributed by atoms with Gasteiger partial charge in [-0.05, 0) is 18.2 Å². The maximum Gasteiger partial charge on any atom is 0.106 e. The zero-order chi connectivity index (χ0) is 13.0. The second-order valence-corrected chi connectivity index (χ2v) is 7.92. The van der Waals surface area contributed by atoms with E-state index in [4.69, 9.17) is 18.0 Å². The van der Waals surface area contributed by atoms with Crippen LogP contribution in [0.3, 0.4) is 0 Å². The molecular formula is C12H15BrN2S3. The van der Waals surface area contributed by atoms with Crippen LogP contribution in [0.5, 0.6) is 0 Å². The molecule has 1 aromatic rings. The van der Waals surface area contributed by atoms with E-state index in [1.807, 2.05) is 41.7 Å². The standard InChI is InChI=1S/C12H15BrN2S3/c13-8-1-2-11(10(5-8)12(14)16)15-6-9-7-17-3-4-18-9/h1-2,5,9,15H,3-4,6-7H2,(H2,14,16). The summed E-state index contributed by atoms with van der Waals surface area (Å²) in [6.07, 6.45) is 0. The van der Waals surface area contributed by atoms with Gasteiger partial charge >= 0.3 is 0 Å². The number of hydrogen-bond acceptors (Lipinski definition) is 4. The lowest BCUT2D eigenvalue weighted by Crippen LogP contribution is -2.24. The van der Waals surface area contributed by atoms with Gasteiger partial charge in [0.1, 0.15) is 4.99 Å². The molecule has 6 heteroatoms. The molecule has 1 aliphatic rings. The van der Waals surface area contributed by atoms with E-state index in [1.165, 1.54) is 17.3 Å². The van der Waals surface area contributed by atoms with Gasteiger partial charge in [0.15, 0.2) is 0 Å². The summed E-state index contributed by atoms with van der Waals surface area (Å²) in [5.41, 5.74) is 7.69. The highest BCUT2D eigenvalue weighted by molar-refractivity contribution is 9.10. The Hall–Kier alpha value is 0.0900. The number of thiocarbonyl (C=S) groups is 1. The third-order valence-corrected chi connectivity index (χ3v) is 6.21. The van der Waals surface area contributed by atoms with E-state index in [-0.39, 0.29) is 0 Å². The van der Waals surface area contributed by atoms with E-state index >= 15 is 0 Å². The second-order valence-electron chi connectivity index (χ2n) is 4.00. The quantitative estimate of drug-likeness (QED) is 0.803. The lowest BCUT2D eigenvalue weighted by molar-refractivity contribution is 1.00. The second kappa shape index (κ2) is 7.03. The Balaban J connectivity index is 2.01. The van der Waals surface area contributed by atoms with Crippen LogP contribution in [0.2, 0.25) is 0 Å². The topological polar surface area (TPSA) is 38.0 Å². The van der Waals surface area contributed by atoms with Gasteiger partial charge in [-0.3, -0.25) is 0 Å². The van der Waals surface area contributed by atoms with Crippen molar-refractivity contribution in [1.82, 2.24) is 0 Å².